The molecule has 0 fully saturated rings. The second kappa shape index (κ2) is 2.49. The molecule has 0 spiro atoms. The van der Waals surface area contributed by atoms with Gasteiger partial charge in [-0.15, -0.1) is 0 Å². The Balaban J connectivity index is 2.23. The van der Waals surface area contributed by atoms with Gasteiger partial charge in [-0.1, -0.05) is 54.7 Å². The zero-order valence-electron chi connectivity index (χ0n) is 7.27. The highest BCUT2D eigenvalue weighted by Gasteiger charge is 2.12. The molecular formula is C12H9B-. The van der Waals surface area contributed by atoms with E-state index in [1.54, 1.807) is 0 Å². The summed E-state index contributed by atoms with van der Waals surface area (Å²) in [5.74, 6) is 0. The highest BCUT2D eigenvalue weighted by Crippen LogP contribution is 2.30. The van der Waals surface area contributed by atoms with E-state index in [9.17, 15) is 0 Å². The third-order valence-electron chi connectivity index (χ3n) is 2.73. The molecular weight excluding hydrogens is 155 g/mol. The summed E-state index contributed by atoms with van der Waals surface area (Å²) in [7, 11) is 0. The van der Waals surface area contributed by atoms with E-state index in [0.717, 1.165) is 0 Å². The van der Waals surface area contributed by atoms with Crippen LogP contribution < -0.4 is 0 Å². The van der Waals surface area contributed by atoms with E-state index in [-0.39, 0.29) is 0 Å². The fourth-order valence-corrected chi connectivity index (χ4v) is 2.13. The van der Waals surface area contributed by atoms with Crippen molar-refractivity contribution in [3.8, 4) is 0 Å². The van der Waals surface area contributed by atoms with E-state index in [2.05, 4.69) is 54.7 Å². The molecule has 1 heteroatoms. The van der Waals surface area contributed by atoms with Crippen LogP contribution in [0.3, 0.4) is 0 Å². The Hall–Kier alpha value is -1.50. The normalized spacial score (nSPS) is 23.5. The lowest BCUT2D eigenvalue weighted by molar-refractivity contribution is 1.57. The van der Waals surface area contributed by atoms with Gasteiger partial charge in [0.15, 0.2) is 0 Å². The zero-order valence-corrected chi connectivity index (χ0v) is 7.27. The quantitative estimate of drug-likeness (QED) is 0.482. The van der Waals surface area contributed by atoms with Crippen LogP contribution in [0.15, 0.2) is 71.1 Å². The minimum absolute atomic E-state index is 0.514. The molecule has 0 unspecified atom stereocenters. The predicted molar refractivity (Wildman–Crippen MR) is 57.4 cm³/mol. The van der Waals surface area contributed by atoms with Crippen LogP contribution in [0.2, 0.25) is 0 Å². The SMILES string of the molecule is C1=CC2=CC=CC3=CC=CC(=C1)[B-]23. The Kier molecular flexibility index (Phi) is 1.34. The summed E-state index contributed by atoms with van der Waals surface area (Å²) in [6.07, 6.45) is 19.6. The van der Waals surface area contributed by atoms with Gasteiger partial charge in [0, 0.05) is 0 Å². The first-order valence-corrected chi connectivity index (χ1v) is 4.60. The minimum Gasteiger partial charge on any atom is -0.233 e. The maximum Gasteiger partial charge on any atom is -0.0336 e. The molecule has 13 heavy (non-hydrogen) atoms. The average Bonchev–Trinajstić information content (AvgIpc) is 2.19. The van der Waals surface area contributed by atoms with E-state index in [0.29, 0.717) is 6.71 Å². The number of allylic oxidation sites excluding steroid dienone is 12. The number of hydrogen-bond donors (Lipinski definition) is 0. The van der Waals surface area contributed by atoms with Crippen molar-refractivity contribution in [1.29, 1.82) is 0 Å². The van der Waals surface area contributed by atoms with Crippen molar-refractivity contribution in [2.75, 3.05) is 0 Å². The summed E-state index contributed by atoms with van der Waals surface area (Å²) in [5, 5.41) is 0. The lowest BCUT2D eigenvalue weighted by Crippen LogP contribution is -2.26. The van der Waals surface area contributed by atoms with Gasteiger partial charge in [0.2, 0.25) is 0 Å². The lowest BCUT2D eigenvalue weighted by Gasteiger charge is -2.39. The molecule has 0 aromatic heterocycles. The Bertz CT molecular complexity index is 361. The molecule has 0 bridgehead atoms. The monoisotopic (exact) mass is 164 g/mol. The molecule has 3 aliphatic heterocycles. The average molecular weight is 164 g/mol. The van der Waals surface area contributed by atoms with Crippen LogP contribution in [-0.4, -0.2) is 6.71 Å². The molecule has 0 aromatic carbocycles. The van der Waals surface area contributed by atoms with Crippen LogP contribution in [0.5, 0.6) is 0 Å². The first-order chi connectivity index (χ1) is 6.45. The molecule has 0 aliphatic carbocycles. The molecule has 0 atom stereocenters. The van der Waals surface area contributed by atoms with Gasteiger partial charge in [0.25, 0.3) is 0 Å². The van der Waals surface area contributed by atoms with Gasteiger partial charge in [-0.3, -0.25) is 0 Å². The number of rotatable bonds is 0. The Labute approximate surface area is 78.4 Å². The molecule has 3 aliphatic rings. The smallest absolute Gasteiger partial charge is 0.0336 e. The van der Waals surface area contributed by atoms with Crippen molar-refractivity contribution >= 4 is 6.71 Å². The molecule has 0 amide bonds. The summed E-state index contributed by atoms with van der Waals surface area (Å²) < 4.78 is 0. The van der Waals surface area contributed by atoms with Crippen LogP contribution in [0.25, 0.3) is 0 Å². The minimum atomic E-state index is 0.514. The first-order valence-electron chi connectivity index (χ1n) is 4.60. The summed E-state index contributed by atoms with van der Waals surface area (Å²) >= 11 is 0. The highest BCUT2D eigenvalue weighted by molar-refractivity contribution is 6.83. The third kappa shape index (κ3) is 0.935. The van der Waals surface area contributed by atoms with Crippen molar-refractivity contribution in [2.45, 2.75) is 0 Å². The van der Waals surface area contributed by atoms with Gasteiger partial charge in [0.05, 0.1) is 0 Å². The summed E-state index contributed by atoms with van der Waals surface area (Å²) in [6, 6.07) is 0. The van der Waals surface area contributed by atoms with Crippen LogP contribution in [-0.2, 0) is 0 Å². The Morgan fingerprint density at radius 2 is 1.00 bits per heavy atom. The van der Waals surface area contributed by atoms with Crippen LogP contribution in [0.4, 0.5) is 0 Å². The molecule has 0 nitrogen and oxygen atoms in total. The lowest BCUT2D eigenvalue weighted by atomic mass is 9.32. The van der Waals surface area contributed by atoms with Gasteiger partial charge >= 0.3 is 0 Å². The van der Waals surface area contributed by atoms with E-state index < -0.39 is 0 Å². The Morgan fingerprint density at radius 1 is 0.615 bits per heavy atom. The first kappa shape index (κ1) is 6.96. The second-order valence-corrected chi connectivity index (χ2v) is 3.51. The molecule has 1 radical (unpaired) electrons. The topological polar surface area (TPSA) is 0 Å². The maximum absolute atomic E-state index is 2.20. The van der Waals surface area contributed by atoms with E-state index in [1.807, 2.05) is 0 Å². The standard InChI is InChI=1S/C12H9B/c1-4-10-6-2-8-12-9-3-7-11(5-1)13(10)12/h1-9H/q-1. The fourth-order valence-electron chi connectivity index (χ4n) is 2.13. The van der Waals surface area contributed by atoms with E-state index in [1.165, 1.54) is 16.4 Å². The van der Waals surface area contributed by atoms with Crippen molar-refractivity contribution in [3.63, 3.8) is 0 Å². The number of hydrogen-bond acceptors (Lipinski definition) is 0. The molecule has 3 heterocycles. The molecule has 0 N–H and O–H groups in total. The molecule has 0 saturated carbocycles. The third-order valence-corrected chi connectivity index (χ3v) is 2.73. The summed E-state index contributed by atoms with van der Waals surface area (Å²) in [5.41, 5.74) is 4.24. The van der Waals surface area contributed by atoms with Gasteiger partial charge in [-0.05, 0) is 6.71 Å². The van der Waals surface area contributed by atoms with Crippen molar-refractivity contribution in [2.24, 2.45) is 0 Å². The van der Waals surface area contributed by atoms with E-state index in [4.69, 9.17) is 0 Å². The van der Waals surface area contributed by atoms with Gasteiger partial charge in [-0.25, -0.2) is 16.4 Å². The van der Waals surface area contributed by atoms with Gasteiger partial charge in [0.1, 0.15) is 0 Å². The van der Waals surface area contributed by atoms with Crippen LogP contribution in [0, 0.1) is 0 Å². The van der Waals surface area contributed by atoms with Crippen LogP contribution in [0.1, 0.15) is 0 Å². The van der Waals surface area contributed by atoms with Crippen LogP contribution >= 0.6 is 0 Å². The Morgan fingerprint density at radius 3 is 1.38 bits per heavy atom. The maximum atomic E-state index is 2.20. The fraction of sp³-hybridized carbons (Fsp3) is 0. The summed E-state index contributed by atoms with van der Waals surface area (Å²) in [4.78, 5) is 0. The van der Waals surface area contributed by atoms with Gasteiger partial charge in [-0.2, -0.15) is 0 Å². The molecule has 61 valence electrons. The largest absolute Gasteiger partial charge is 0.233 e. The molecule has 3 rings (SSSR count). The summed E-state index contributed by atoms with van der Waals surface area (Å²) in [6.45, 7) is 0.514. The van der Waals surface area contributed by atoms with E-state index >= 15 is 0 Å². The predicted octanol–water partition coefficient (Wildman–Crippen LogP) is 2.59. The van der Waals surface area contributed by atoms with Crippen molar-refractivity contribution in [1.82, 2.24) is 0 Å². The van der Waals surface area contributed by atoms with Crippen molar-refractivity contribution in [3.05, 3.63) is 71.1 Å². The molecule has 0 aromatic rings. The second-order valence-electron chi connectivity index (χ2n) is 3.51. The molecule has 0 saturated heterocycles. The zero-order chi connectivity index (χ0) is 8.67. The van der Waals surface area contributed by atoms with Gasteiger partial charge < -0.3 is 0 Å². The van der Waals surface area contributed by atoms with Crippen molar-refractivity contribution < 1.29 is 0 Å². The highest BCUT2D eigenvalue weighted by atomic mass is 14.1.